The van der Waals surface area contributed by atoms with E-state index in [4.69, 9.17) is 0 Å². The van der Waals surface area contributed by atoms with Crippen molar-refractivity contribution in [1.29, 1.82) is 0 Å². The van der Waals surface area contributed by atoms with E-state index in [-0.39, 0.29) is 23.4 Å². The Kier molecular flexibility index (Phi) is 3.20. The summed E-state index contributed by atoms with van der Waals surface area (Å²) in [5.74, 6) is 0. The van der Waals surface area contributed by atoms with Gasteiger partial charge < -0.3 is 0 Å². The van der Waals surface area contributed by atoms with Crippen LogP contribution in [0.1, 0.15) is 38.5 Å². The third kappa shape index (κ3) is 2.68. The number of fused-ring (bicyclic) bond motifs is 2. The Bertz CT molecular complexity index is 554. The van der Waals surface area contributed by atoms with E-state index in [9.17, 15) is 16.8 Å². The van der Waals surface area contributed by atoms with E-state index in [0.29, 0.717) is 12.8 Å². The predicted octanol–water partition coefficient (Wildman–Crippen LogP) is 0.0232. The number of hydrogen-bond donors (Lipinski definition) is 1. The quantitative estimate of drug-likeness (QED) is 0.794. The molecule has 2 unspecified atom stereocenters. The summed E-state index contributed by atoms with van der Waals surface area (Å²) in [4.78, 5) is 0. The highest BCUT2D eigenvalue weighted by atomic mass is 32.2. The normalized spacial score (nSPS) is 36.6. The van der Waals surface area contributed by atoms with Gasteiger partial charge >= 0.3 is 0 Å². The maximum atomic E-state index is 11.9. The van der Waals surface area contributed by atoms with E-state index >= 15 is 0 Å². The number of nitrogens with one attached hydrogen (secondary N) is 1. The molecule has 0 spiro atoms. The van der Waals surface area contributed by atoms with Gasteiger partial charge in [0.1, 0.15) is 0 Å². The predicted molar refractivity (Wildman–Crippen MR) is 71.6 cm³/mol. The Morgan fingerprint density at radius 2 is 1.47 bits per heavy atom. The van der Waals surface area contributed by atoms with Gasteiger partial charge in [0.25, 0.3) is 0 Å². The van der Waals surface area contributed by atoms with Crippen molar-refractivity contribution in [3.63, 3.8) is 0 Å². The zero-order valence-electron chi connectivity index (χ0n) is 10.9. The van der Waals surface area contributed by atoms with Crippen LogP contribution in [-0.4, -0.2) is 50.8 Å². The molecule has 1 saturated carbocycles. The highest BCUT2D eigenvalue weighted by molar-refractivity contribution is 7.90. The zero-order chi connectivity index (χ0) is 13.8. The van der Waals surface area contributed by atoms with Crippen LogP contribution in [0, 0.1) is 0 Å². The van der Waals surface area contributed by atoms with Gasteiger partial charge in [-0.3, -0.25) is 0 Å². The smallest absolute Gasteiger partial charge is 0.212 e. The fraction of sp³-hybridized carbons (Fsp3) is 1.00. The molecule has 2 aliphatic heterocycles. The van der Waals surface area contributed by atoms with Crippen molar-refractivity contribution < 1.29 is 16.8 Å². The molecule has 3 aliphatic rings. The minimum atomic E-state index is -3.18. The molecule has 0 radical (unpaired) electrons. The van der Waals surface area contributed by atoms with Gasteiger partial charge in [0.05, 0.1) is 11.5 Å². The summed E-state index contributed by atoms with van der Waals surface area (Å²) >= 11 is 0. The van der Waals surface area contributed by atoms with Gasteiger partial charge in [-0.15, -0.1) is 0 Å². The lowest BCUT2D eigenvalue weighted by Crippen LogP contribution is -2.52. The van der Waals surface area contributed by atoms with Crippen LogP contribution in [0.4, 0.5) is 0 Å². The van der Waals surface area contributed by atoms with Crippen molar-refractivity contribution in [2.75, 3.05) is 6.26 Å². The summed E-state index contributed by atoms with van der Waals surface area (Å²) in [6.45, 7) is 0. The van der Waals surface area contributed by atoms with Crippen LogP contribution in [0.2, 0.25) is 0 Å². The monoisotopic (exact) mass is 308 g/mol. The van der Waals surface area contributed by atoms with Crippen molar-refractivity contribution in [2.24, 2.45) is 0 Å². The van der Waals surface area contributed by atoms with E-state index in [1.165, 1.54) is 6.26 Å². The molecule has 2 atom stereocenters. The Morgan fingerprint density at radius 3 is 1.89 bits per heavy atom. The number of hydrogen-bond acceptors (Lipinski definition) is 4. The van der Waals surface area contributed by atoms with Crippen LogP contribution in [0.15, 0.2) is 0 Å². The van der Waals surface area contributed by atoms with Gasteiger partial charge in [-0.1, -0.05) is 0 Å². The maximum absolute atomic E-state index is 11.9. The minimum Gasteiger partial charge on any atom is -0.212 e. The van der Waals surface area contributed by atoms with E-state index in [0.717, 1.165) is 25.7 Å². The molecule has 0 aromatic rings. The third-order valence-corrected chi connectivity index (χ3v) is 7.72. The van der Waals surface area contributed by atoms with Crippen molar-refractivity contribution >= 4 is 20.0 Å². The molecule has 2 saturated heterocycles. The molecule has 2 heterocycles. The van der Waals surface area contributed by atoms with Crippen molar-refractivity contribution in [3.05, 3.63) is 0 Å². The Morgan fingerprint density at radius 1 is 0.947 bits per heavy atom. The number of nitrogens with zero attached hydrogens (tertiary/aromatic N) is 1. The summed E-state index contributed by atoms with van der Waals surface area (Å²) in [7, 11) is -6.35. The first-order chi connectivity index (χ1) is 8.77. The zero-order valence-corrected chi connectivity index (χ0v) is 12.6. The molecular formula is C11H20N2O4S2. The van der Waals surface area contributed by atoms with Gasteiger partial charge in [-0.25, -0.2) is 21.6 Å². The van der Waals surface area contributed by atoms with E-state index in [2.05, 4.69) is 4.72 Å². The van der Waals surface area contributed by atoms with Gasteiger partial charge in [0.15, 0.2) is 0 Å². The highest BCUT2D eigenvalue weighted by Gasteiger charge is 2.47. The second-order valence-corrected chi connectivity index (χ2v) is 9.89. The largest absolute Gasteiger partial charge is 0.214 e. The summed E-state index contributed by atoms with van der Waals surface area (Å²) in [5, 5.41) is -0.210. The fourth-order valence-corrected chi connectivity index (χ4v) is 6.55. The first kappa shape index (κ1) is 13.8. The van der Waals surface area contributed by atoms with Gasteiger partial charge in [-0.05, 0) is 38.5 Å². The second-order valence-electron chi connectivity index (χ2n) is 6.01. The van der Waals surface area contributed by atoms with Crippen LogP contribution in [0.3, 0.4) is 0 Å². The first-order valence-electron chi connectivity index (χ1n) is 6.77. The van der Waals surface area contributed by atoms with Crippen molar-refractivity contribution in [3.8, 4) is 0 Å². The lowest BCUT2D eigenvalue weighted by Gasteiger charge is -2.37. The SMILES string of the molecule is CS(=O)(=O)N1C2CCC1CC(NS(=O)(=O)C1CC1)C2. The summed E-state index contributed by atoms with van der Waals surface area (Å²) in [6.07, 6.45) is 5.66. The molecule has 110 valence electrons. The lowest BCUT2D eigenvalue weighted by atomic mass is 10.0. The average molecular weight is 308 g/mol. The van der Waals surface area contributed by atoms with E-state index < -0.39 is 20.0 Å². The Balaban J connectivity index is 1.71. The third-order valence-electron chi connectivity index (χ3n) is 4.34. The molecule has 3 rings (SSSR count). The van der Waals surface area contributed by atoms with Crippen molar-refractivity contribution in [1.82, 2.24) is 9.03 Å². The van der Waals surface area contributed by atoms with Crippen LogP contribution >= 0.6 is 0 Å². The summed E-state index contributed by atoms with van der Waals surface area (Å²) in [6, 6.07) is -0.151. The Hall–Kier alpha value is -0.180. The van der Waals surface area contributed by atoms with Crippen LogP contribution in [0.5, 0.6) is 0 Å². The van der Waals surface area contributed by atoms with Gasteiger partial charge in [0.2, 0.25) is 20.0 Å². The van der Waals surface area contributed by atoms with Crippen LogP contribution in [0.25, 0.3) is 0 Å². The molecule has 1 N–H and O–H groups in total. The van der Waals surface area contributed by atoms with Crippen LogP contribution < -0.4 is 4.72 Å². The maximum Gasteiger partial charge on any atom is 0.214 e. The molecular weight excluding hydrogens is 288 g/mol. The van der Waals surface area contributed by atoms with Gasteiger partial charge in [0, 0.05) is 18.1 Å². The highest BCUT2D eigenvalue weighted by Crippen LogP contribution is 2.38. The summed E-state index contributed by atoms with van der Waals surface area (Å²) in [5.41, 5.74) is 0. The topological polar surface area (TPSA) is 83.6 Å². The number of rotatable bonds is 4. The molecule has 0 aromatic carbocycles. The van der Waals surface area contributed by atoms with Crippen molar-refractivity contribution in [2.45, 2.75) is 61.9 Å². The van der Waals surface area contributed by atoms with Gasteiger partial charge in [-0.2, -0.15) is 4.31 Å². The molecule has 19 heavy (non-hydrogen) atoms. The second kappa shape index (κ2) is 4.41. The molecule has 1 aliphatic carbocycles. The molecule has 2 bridgehead atoms. The van der Waals surface area contributed by atoms with E-state index in [1.54, 1.807) is 4.31 Å². The minimum absolute atomic E-state index is 0.0272. The number of piperidine rings is 1. The molecule has 6 nitrogen and oxygen atoms in total. The lowest BCUT2D eigenvalue weighted by molar-refractivity contribution is 0.221. The number of sulfonamides is 2. The summed E-state index contributed by atoms with van der Waals surface area (Å²) < 4.78 is 51.7. The Labute approximate surface area is 114 Å². The fourth-order valence-electron chi connectivity index (χ4n) is 3.48. The average Bonchev–Trinajstić information content (AvgIpc) is 3.03. The molecule has 8 heteroatoms. The molecule has 0 aromatic heterocycles. The van der Waals surface area contributed by atoms with Crippen LogP contribution in [-0.2, 0) is 20.0 Å². The standard InChI is InChI=1S/C11H20N2O4S2/c1-18(14,15)13-9-2-3-10(13)7-8(6-9)12-19(16,17)11-4-5-11/h8-12H,2-7H2,1H3. The molecule has 0 amide bonds. The van der Waals surface area contributed by atoms with E-state index in [1.807, 2.05) is 0 Å². The molecule has 3 fully saturated rings. The first-order valence-corrected chi connectivity index (χ1v) is 10.2.